The van der Waals surface area contributed by atoms with Gasteiger partial charge in [-0.1, -0.05) is 78.1 Å². The molecule has 1 rings (SSSR count). The van der Waals surface area contributed by atoms with Crippen molar-refractivity contribution in [2.75, 3.05) is 0 Å². The molecule has 0 atom stereocenters. The summed E-state index contributed by atoms with van der Waals surface area (Å²) in [6.45, 7) is 4.75. The van der Waals surface area contributed by atoms with Crippen molar-refractivity contribution in [1.29, 1.82) is 0 Å². The van der Waals surface area contributed by atoms with E-state index >= 15 is 0 Å². The highest BCUT2D eigenvalue weighted by Crippen LogP contribution is 2.49. The summed E-state index contributed by atoms with van der Waals surface area (Å²) in [5.74, 6) is 0. The van der Waals surface area contributed by atoms with Crippen molar-refractivity contribution in [2.45, 2.75) is 97.3 Å². The Kier molecular flexibility index (Phi) is 7.16. The van der Waals surface area contributed by atoms with Gasteiger partial charge in [0.15, 0.2) is 0 Å². The van der Waals surface area contributed by atoms with Gasteiger partial charge >= 0.3 is 0 Å². The van der Waals surface area contributed by atoms with Crippen LogP contribution in [0.5, 0.6) is 0 Å². The lowest BCUT2D eigenvalue weighted by Crippen LogP contribution is -1.92. The summed E-state index contributed by atoms with van der Waals surface area (Å²) in [6.07, 6.45) is 19.2. The van der Waals surface area contributed by atoms with E-state index in [9.17, 15) is 0 Å². The quantitative estimate of drug-likeness (QED) is 0.372. The first-order valence-electron chi connectivity index (χ1n) is 7.77. The molecule has 0 aliphatic heterocycles. The highest BCUT2D eigenvalue weighted by molar-refractivity contribution is 4.87. The summed E-state index contributed by atoms with van der Waals surface area (Å²) in [5, 5.41) is 0. The van der Waals surface area contributed by atoms with E-state index in [1.165, 1.54) is 83.5 Å². The molecule has 0 heteroatoms. The zero-order chi connectivity index (χ0) is 11.7. The van der Waals surface area contributed by atoms with Gasteiger partial charge in [0.2, 0.25) is 0 Å². The number of hydrogen-bond acceptors (Lipinski definition) is 0. The van der Waals surface area contributed by atoms with Crippen LogP contribution in [0.2, 0.25) is 0 Å². The minimum Gasteiger partial charge on any atom is -0.0654 e. The third-order valence-corrected chi connectivity index (χ3v) is 4.24. The van der Waals surface area contributed by atoms with E-state index in [2.05, 4.69) is 13.8 Å². The second-order valence-electron chi connectivity index (χ2n) is 6.24. The molecule has 0 unspecified atom stereocenters. The normalized spacial score (nSPS) is 17.6. The number of hydrogen-bond donors (Lipinski definition) is 0. The van der Waals surface area contributed by atoms with E-state index in [1.807, 2.05) is 0 Å². The van der Waals surface area contributed by atoms with Crippen molar-refractivity contribution in [1.82, 2.24) is 0 Å². The molecule has 0 aromatic carbocycles. The fourth-order valence-corrected chi connectivity index (χ4v) is 2.50. The Morgan fingerprint density at radius 1 is 0.688 bits per heavy atom. The maximum atomic E-state index is 2.46. The van der Waals surface area contributed by atoms with Gasteiger partial charge < -0.3 is 0 Å². The molecule has 0 radical (unpaired) electrons. The fourth-order valence-electron chi connectivity index (χ4n) is 2.50. The van der Waals surface area contributed by atoms with Gasteiger partial charge in [0, 0.05) is 0 Å². The van der Waals surface area contributed by atoms with E-state index in [0.29, 0.717) is 0 Å². The molecule has 0 N–H and O–H groups in total. The molecule has 0 amide bonds. The van der Waals surface area contributed by atoms with Gasteiger partial charge in [-0.05, 0) is 24.7 Å². The zero-order valence-electron chi connectivity index (χ0n) is 11.7. The highest BCUT2D eigenvalue weighted by atomic mass is 14.4. The lowest BCUT2D eigenvalue weighted by Gasteiger charge is -2.07. The SMILES string of the molecule is CCCCCCCCCCCCC1(C)CC1. The molecule has 1 fully saturated rings. The third-order valence-electron chi connectivity index (χ3n) is 4.24. The Hall–Kier alpha value is 0. The molecule has 16 heavy (non-hydrogen) atoms. The highest BCUT2D eigenvalue weighted by Gasteiger charge is 2.35. The van der Waals surface area contributed by atoms with E-state index in [4.69, 9.17) is 0 Å². The zero-order valence-corrected chi connectivity index (χ0v) is 11.7. The van der Waals surface area contributed by atoms with Crippen LogP contribution in [-0.2, 0) is 0 Å². The van der Waals surface area contributed by atoms with Crippen LogP contribution < -0.4 is 0 Å². The fraction of sp³-hybridized carbons (Fsp3) is 1.00. The van der Waals surface area contributed by atoms with Crippen molar-refractivity contribution in [2.24, 2.45) is 5.41 Å². The Labute approximate surface area is 103 Å². The lowest BCUT2D eigenvalue weighted by atomic mass is 9.99. The topological polar surface area (TPSA) is 0 Å². The van der Waals surface area contributed by atoms with Gasteiger partial charge in [0.05, 0.1) is 0 Å². The summed E-state index contributed by atoms with van der Waals surface area (Å²) >= 11 is 0. The monoisotopic (exact) mass is 224 g/mol. The van der Waals surface area contributed by atoms with E-state index in [1.54, 1.807) is 0 Å². The van der Waals surface area contributed by atoms with Crippen LogP contribution in [-0.4, -0.2) is 0 Å². The molecule has 96 valence electrons. The molecule has 1 aliphatic rings. The molecular weight excluding hydrogens is 192 g/mol. The Morgan fingerprint density at radius 2 is 1.12 bits per heavy atom. The lowest BCUT2D eigenvalue weighted by molar-refractivity contribution is 0.466. The van der Waals surface area contributed by atoms with E-state index in [0.717, 1.165) is 5.41 Å². The molecule has 1 aliphatic carbocycles. The van der Waals surface area contributed by atoms with Crippen LogP contribution in [0.1, 0.15) is 97.3 Å². The van der Waals surface area contributed by atoms with Crippen molar-refractivity contribution in [3.8, 4) is 0 Å². The summed E-state index contributed by atoms with van der Waals surface area (Å²) in [4.78, 5) is 0. The summed E-state index contributed by atoms with van der Waals surface area (Å²) in [6, 6.07) is 0. The van der Waals surface area contributed by atoms with Gasteiger partial charge in [-0.3, -0.25) is 0 Å². The van der Waals surface area contributed by atoms with E-state index < -0.39 is 0 Å². The van der Waals surface area contributed by atoms with Gasteiger partial charge in [-0.15, -0.1) is 0 Å². The second kappa shape index (κ2) is 8.14. The molecule has 0 aromatic heterocycles. The van der Waals surface area contributed by atoms with Gasteiger partial charge in [0.25, 0.3) is 0 Å². The van der Waals surface area contributed by atoms with Crippen molar-refractivity contribution >= 4 is 0 Å². The first kappa shape index (κ1) is 14.1. The van der Waals surface area contributed by atoms with E-state index in [-0.39, 0.29) is 0 Å². The second-order valence-corrected chi connectivity index (χ2v) is 6.24. The Bertz CT molecular complexity index is 155. The van der Waals surface area contributed by atoms with Crippen molar-refractivity contribution in [3.05, 3.63) is 0 Å². The largest absolute Gasteiger partial charge is 0.0654 e. The van der Waals surface area contributed by atoms with Gasteiger partial charge in [0.1, 0.15) is 0 Å². The number of rotatable bonds is 11. The number of unbranched alkanes of at least 4 members (excludes halogenated alkanes) is 9. The molecule has 1 saturated carbocycles. The average Bonchev–Trinajstić information content (AvgIpc) is 3.00. The van der Waals surface area contributed by atoms with Crippen LogP contribution in [0.3, 0.4) is 0 Å². The molecule has 0 bridgehead atoms. The molecule has 0 nitrogen and oxygen atoms in total. The van der Waals surface area contributed by atoms with Crippen LogP contribution in [0.15, 0.2) is 0 Å². The first-order valence-corrected chi connectivity index (χ1v) is 7.77. The van der Waals surface area contributed by atoms with Crippen LogP contribution in [0.25, 0.3) is 0 Å². The molecule has 0 aromatic rings. The standard InChI is InChI=1S/C16H32/c1-3-4-5-6-7-8-9-10-11-12-13-16(2)14-15-16/h3-15H2,1-2H3. The summed E-state index contributed by atoms with van der Waals surface area (Å²) < 4.78 is 0. The van der Waals surface area contributed by atoms with Crippen molar-refractivity contribution in [3.63, 3.8) is 0 Å². The first-order chi connectivity index (χ1) is 7.77. The maximum absolute atomic E-state index is 2.46. The molecular formula is C16H32. The minimum atomic E-state index is 0.792. The predicted molar refractivity (Wildman–Crippen MR) is 73.8 cm³/mol. The average molecular weight is 224 g/mol. The van der Waals surface area contributed by atoms with Crippen LogP contribution in [0, 0.1) is 5.41 Å². The van der Waals surface area contributed by atoms with Gasteiger partial charge in [-0.2, -0.15) is 0 Å². The summed E-state index contributed by atoms with van der Waals surface area (Å²) in [7, 11) is 0. The molecule has 0 heterocycles. The Morgan fingerprint density at radius 3 is 1.56 bits per heavy atom. The molecule has 0 spiro atoms. The maximum Gasteiger partial charge on any atom is -0.0325 e. The van der Waals surface area contributed by atoms with Crippen LogP contribution in [0.4, 0.5) is 0 Å². The van der Waals surface area contributed by atoms with Gasteiger partial charge in [-0.25, -0.2) is 0 Å². The summed E-state index contributed by atoms with van der Waals surface area (Å²) in [5.41, 5.74) is 0.792. The van der Waals surface area contributed by atoms with Crippen LogP contribution >= 0.6 is 0 Å². The van der Waals surface area contributed by atoms with Crippen molar-refractivity contribution < 1.29 is 0 Å². The third kappa shape index (κ3) is 7.30. The Balaban J connectivity index is 1.68. The molecule has 0 saturated heterocycles. The predicted octanol–water partition coefficient (Wildman–Crippen LogP) is 6.10. The smallest absolute Gasteiger partial charge is 0.0325 e. The minimum absolute atomic E-state index is 0.792.